The van der Waals surface area contributed by atoms with E-state index < -0.39 is 5.91 Å². The van der Waals surface area contributed by atoms with Crippen molar-refractivity contribution in [2.24, 2.45) is 0 Å². The highest BCUT2D eigenvalue weighted by Crippen LogP contribution is 2.17. The summed E-state index contributed by atoms with van der Waals surface area (Å²) in [7, 11) is 0. The van der Waals surface area contributed by atoms with E-state index in [1.54, 1.807) is 16.8 Å². The Morgan fingerprint density at radius 1 is 1.59 bits per heavy atom. The van der Waals surface area contributed by atoms with Gasteiger partial charge in [0.15, 0.2) is 20.8 Å². The van der Waals surface area contributed by atoms with Gasteiger partial charge in [0.25, 0.3) is 0 Å². The van der Waals surface area contributed by atoms with Crippen LogP contribution in [0.3, 0.4) is 0 Å². The Morgan fingerprint density at radius 2 is 2.41 bits per heavy atom. The Balaban J connectivity index is 2.06. The number of thiazole rings is 1. The van der Waals surface area contributed by atoms with Gasteiger partial charge in [-0.2, -0.15) is 0 Å². The molecule has 2 N–H and O–H groups in total. The summed E-state index contributed by atoms with van der Waals surface area (Å²) in [5, 5.41) is 8.20. The van der Waals surface area contributed by atoms with Crippen molar-refractivity contribution >= 4 is 46.0 Å². The summed E-state index contributed by atoms with van der Waals surface area (Å²) >= 11 is 6.53. The second kappa shape index (κ2) is 5.70. The maximum atomic E-state index is 12.0. The van der Waals surface area contributed by atoms with Gasteiger partial charge >= 0.3 is 5.91 Å². The normalized spacial score (nSPS) is 11.3. The Hall–Kier alpha value is -2.52. The number of allylic oxidation sites excluding steroid dienone is 1. The number of fused-ring (bicyclic) bond motifs is 1. The Bertz CT molecular complexity index is 978. The first-order valence-corrected chi connectivity index (χ1v) is 7.49. The lowest BCUT2D eigenvalue weighted by molar-refractivity contribution is 0.0980. The molecule has 0 bridgehead atoms. The van der Waals surface area contributed by atoms with E-state index in [0.717, 1.165) is 0 Å². The first-order valence-electron chi connectivity index (χ1n) is 6.26. The predicted molar refractivity (Wildman–Crippen MR) is 85.7 cm³/mol. The quantitative estimate of drug-likeness (QED) is 0.721. The Morgan fingerprint density at radius 3 is 3.09 bits per heavy atom. The first-order chi connectivity index (χ1) is 10.6. The highest BCUT2D eigenvalue weighted by atomic mass is 32.1. The van der Waals surface area contributed by atoms with Crippen molar-refractivity contribution in [3.63, 3.8) is 0 Å². The van der Waals surface area contributed by atoms with E-state index in [1.165, 1.54) is 34.7 Å². The molecule has 1 amide bonds. The number of nitrogens with one attached hydrogen (secondary N) is 2. The van der Waals surface area contributed by atoms with Crippen molar-refractivity contribution in [1.29, 1.82) is 5.41 Å². The molecule has 0 aliphatic rings. The van der Waals surface area contributed by atoms with Gasteiger partial charge in [0.2, 0.25) is 0 Å². The van der Waals surface area contributed by atoms with Crippen LogP contribution in [0.4, 0.5) is 0 Å². The minimum Gasteiger partial charge on any atom is -0.459 e. The highest BCUT2D eigenvalue weighted by Gasteiger charge is 2.12. The van der Waals surface area contributed by atoms with Crippen LogP contribution in [-0.2, 0) is 0 Å². The molecule has 0 spiro atoms. The van der Waals surface area contributed by atoms with Gasteiger partial charge in [-0.05, 0) is 31.3 Å². The summed E-state index contributed by atoms with van der Waals surface area (Å²) < 4.78 is 9.15. The van der Waals surface area contributed by atoms with Crippen LogP contribution in [-0.4, -0.2) is 20.1 Å². The summed E-state index contributed by atoms with van der Waals surface area (Å²) in [6.07, 6.45) is 6.41. The largest absolute Gasteiger partial charge is 0.459 e. The summed E-state index contributed by atoms with van der Waals surface area (Å²) in [5.74, 6) is -0.299. The Labute approximate surface area is 133 Å². The summed E-state index contributed by atoms with van der Waals surface area (Å²) in [6.45, 7) is 1.87. The number of hydrogen-bond donors (Lipinski definition) is 2. The third-order valence-electron chi connectivity index (χ3n) is 2.83. The minimum atomic E-state index is -0.457. The van der Waals surface area contributed by atoms with E-state index in [1.807, 2.05) is 13.0 Å². The monoisotopic (exact) mass is 333 g/mol. The Kier molecular flexibility index (Phi) is 3.73. The number of nitrogens with zero attached hydrogens (tertiary/aromatic N) is 3. The zero-order chi connectivity index (χ0) is 15.7. The van der Waals surface area contributed by atoms with Gasteiger partial charge < -0.3 is 4.42 Å². The van der Waals surface area contributed by atoms with E-state index >= 15 is 0 Å². The number of amides is 1. The van der Waals surface area contributed by atoms with Crippen molar-refractivity contribution in [2.75, 3.05) is 5.43 Å². The molecule has 0 radical (unpaired) electrons. The van der Waals surface area contributed by atoms with Crippen LogP contribution in [0.1, 0.15) is 17.5 Å². The maximum Gasteiger partial charge on any atom is 0.305 e. The van der Waals surface area contributed by atoms with Crippen molar-refractivity contribution in [1.82, 2.24) is 14.2 Å². The van der Waals surface area contributed by atoms with Crippen LogP contribution in [0.5, 0.6) is 0 Å². The smallest absolute Gasteiger partial charge is 0.305 e. The second-order valence-electron chi connectivity index (χ2n) is 4.25. The molecule has 3 heterocycles. The fourth-order valence-corrected chi connectivity index (χ4v) is 3.13. The SMILES string of the molecule is CC=Cn1c(=S)sc2c(=N)n(NC(=O)c3ccco3)cnc21. The molecule has 0 fully saturated rings. The van der Waals surface area contributed by atoms with Crippen LogP contribution >= 0.6 is 23.6 Å². The molecule has 0 aliphatic heterocycles. The number of rotatable bonds is 3. The van der Waals surface area contributed by atoms with Crippen molar-refractivity contribution in [3.8, 4) is 0 Å². The fraction of sp³-hybridized carbons (Fsp3) is 0.0769. The minimum absolute atomic E-state index is 0.101. The molecule has 0 atom stereocenters. The average Bonchev–Trinajstić information content (AvgIpc) is 3.12. The maximum absolute atomic E-state index is 12.0. The van der Waals surface area contributed by atoms with Crippen molar-refractivity contribution in [3.05, 3.63) is 46.0 Å². The van der Waals surface area contributed by atoms with Crippen LogP contribution in [0.25, 0.3) is 16.5 Å². The zero-order valence-electron chi connectivity index (χ0n) is 11.4. The lowest BCUT2D eigenvalue weighted by Crippen LogP contribution is -2.33. The molecule has 9 heteroatoms. The van der Waals surface area contributed by atoms with E-state index in [4.69, 9.17) is 22.0 Å². The topological polar surface area (TPSA) is 88.8 Å². The number of carbonyl (C=O) groups is 1. The summed E-state index contributed by atoms with van der Waals surface area (Å²) in [6, 6.07) is 3.16. The molecule has 3 rings (SSSR count). The van der Waals surface area contributed by atoms with Gasteiger partial charge in [-0.25, -0.2) is 9.66 Å². The van der Waals surface area contributed by atoms with Gasteiger partial charge in [0.05, 0.1) is 6.26 Å². The molecular formula is C13H11N5O2S2. The van der Waals surface area contributed by atoms with Crippen LogP contribution in [0, 0.1) is 9.36 Å². The molecule has 0 aromatic carbocycles. The van der Waals surface area contributed by atoms with E-state index in [0.29, 0.717) is 14.3 Å². The zero-order valence-corrected chi connectivity index (χ0v) is 13.1. The molecule has 0 unspecified atom stereocenters. The predicted octanol–water partition coefficient (Wildman–Crippen LogP) is 2.58. The molecule has 22 heavy (non-hydrogen) atoms. The van der Waals surface area contributed by atoms with Gasteiger partial charge in [-0.1, -0.05) is 17.4 Å². The van der Waals surface area contributed by atoms with Gasteiger partial charge in [-0.3, -0.25) is 20.2 Å². The molecule has 7 nitrogen and oxygen atoms in total. The van der Waals surface area contributed by atoms with Crippen LogP contribution in [0.15, 0.2) is 35.2 Å². The van der Waals surface area contributed by atoms with E-state index in [2.05, 4.69) is 10.4 Å². The molecule has 0 aliphatic carbocycles. The fourth-order valence-electron chi connectivity index (χ4n) is 1.87. The third kappa shape index (κ3) is 2.40. The lowest BCUT2D eigenvalue weighted by Gasteiger charge is -2.07. The molecule has 3 aromatic heterocycles. The average molecular weight is 333 g/mol. The second-order valence-corrected chi connectivity index (χ2v) is 5.90. The molecular weight excluding hydrogens is 322 g/mol. The number of aromatic nitrogens is 3. The highest BCUT2D eigenvalue weighted by molar-refractivity contribution is 7.73. The number of carbonyl (C=O) groups excluding carboxylic acids is 1. The number of hydrogen-bond acceptors (Lipinski definition) is 6. The summed E-state index contributed by atoms with van der Waals surface area (Å²) in [4.78, 5) is 16.2. The summed E-state index contributed by atoms with van der Waals surface area (Å²) in [5.41, 5.74) is 3.23. The molecule has 0 saturated heterocycles. The lowest BCUT2D eigenvalue weighted by atomic mass is 10.4. The van der Waals surface area contributed by atoms with E-state index in [-0.39, 0.29) is 11.2 Å². The van der Waals surface area contributed by atoms with Crippen LogP contribution in [0.2, 0.25) is 0 Å². The van der Waals surface area contributed by atoms with Crippen LogP contribution < -0.4 is 10.9 Å². The van der Waals surface area contributed by atoms with Crippen molar-refractivity contribution < 1.29 is 9.21 Å². The van der Waals surface area contributed by atoms with Gasteiger partial charge in [0, 0.05) is 6.20 Å². The molecule has 3 aromatic rings. The van der Waals surface area contributed by atoms with Crippen molar-refractivity contribution in [2.45, 2.75) is 6.92 Å². The number of furan rings is 1. The molecule has 112 valence electrons. The van der Waals surface area contributed by atoms with Gasteiger partial charge in [-0.15, -0.1) is 0 Å². The van der Waals surface area contributed by atoms with E-state index in [9.17, 15) is 4.79 Å². The molecule has 0 saturated carbocycles. The standard InChI is InChI=1S/C13H11N5O2S2/c1-2-5-17-11-9(22-13(17)21)10(14)18(7-15-11)16-12(19)8-4-3-6-20-8/h2-7,14H,1H3,(H,16,19). The van der Waals surface area contributed by atoms with Gasteiger partial charge in [0.1, 0.15) is 11.0 Å². The first kappa shape index (κ1) is 14.4. The third-order valence-corrected chi connectivity index (χ3v) is 4.23.